The van der Waals surface area contributed by atoms with E-state index >= 15 is 0 Å². The molecular weight excluding hydrogens is 412 g/mol. The van der Waals surface area contributed by atoms with Crippen molar-refractivity contribution in [2.24, 2.45) is 0 Å². The van der Waals surface area contributed by atoms with Crippen molar-refractivity contribution in [2.75, 3.05) is 11.9 Å². The van der Waals surface area contributed by atoms with E-state index < -0.39 is 5.91 Å². The van der Waals surface area contributed by atoms with Gasteiger partial charge in [-0.05, 0) is 72.7 Å². The second-order valence-electron chi connectivity index (χ2n) is 6.57. The van der Waals surface area contributed by atoms with Crippen molar-refractivity contribution in [1.82, 2.24) is 0 Å². The van der Waals surface area contributed by atoms with Crippen LogP contribution in [0.3, 0.4) is 0 Å². The van der Waals surface area contributed by atoms with Gasteiger partial charge in [0.15, 0.2) is 0 Å². The fourth-order valence-electron chi connectivity index (χ4n) is 2.76. The molecule has 0 atom stereocenters. The summed E-state index contributed by atoms with van der Waals surface area (Å²) < 4.78 is 11.2. The second kappa shape index (κ2) is 10.9. The quantitative estimate of drug-likeness (QED) is 0.357. The fraction of sp³-hybridized carbons (Fsp3) is 0.120. The Bertz CT molecular complexity index is 1100. The van der Waals surface area contributed by atoms with Crippen LogP contribution in [-0.4, -0.2) is 12.5 Å². The molecular formula is C25H21ClN2O3. The van der Waals surface area contributed by atoms with E-state index in [0.717, 1.165) is 5.56 Å². The summed E-state index contributed by atoms with van der Waals surface area (Å²) in [6.07, 6.45) is 1.53. The number of hydrogen-bond donors (Lipinski definition) is 1. The number of rotatable bonds is 8. The third-order valence-electron chi connectivity index (χ3n) is 4.28. The largest absolute Gasteiger partial charge is 0.494 e. The summed E-state index contributed by atoms with van der Waals surface area (Å²) in [6.45, 7) is 2.85. The molecule has 3 aromatic carbocycles. The van der Waals surface area contributed by atoms with Crippen molar-refractivity contribution < 1.29 is 14.3 Å². The number of ether oxygens (including phenoxy) is 2. The topological polar surface area (TPSA) is 71.3 Å². The molecule has 0 unspecified atom stereocenters. The highest BCUT2D eigenvalue weighted by Gasteiger charge is 2.10. The summed E-state index contributed by atoms with van der Waals surface area (Å²) in [5.41, 5.74) is 2.24. The van der Waals surface area contributed by atoms with Gasteiger partial charge in [-0.3, -0.25) is 4.79 Å². The molecule has 0 heterocycles. The summed E-state index contributed by atoms with van der Waals surface area (Å²) in [5.74, 6) is 0.860. The summed E-state index contributed by atoms with van der Waals surface area (Å²) >= 11 is 5.90. The maximum atomic E-state index is 12.5. The predicted octanol–water partition coefficient (Wildman–Crippen LogP) is 5.86. The van der Waals surface area contributed by atoms with E-state index in [9.17, 15) is 10.1 Å². The molecule has 31 heavy (non-hydrogen) atoms. The van der Waals surface area contributed by atoms with Crippen molar-refractivity contribution >= 4 is 29.3 Å². The summed E-state index contributed by atoms with van der Waals surface area (Å²) in [5, 5.41) is 12.8. The van der Waals surface area contributed by atoms with Gasteiger partial charge >= 0.3 is 0 Å². The Morgan fingerprint density at radius 3 is 2.45 bits per heavy atom. The summed E-state index contributed by atoms with van der Waals surface area (Å²) in [7, 11) is 0. The van der Waals surface area contributed by atoms with Gasteiger partial charge in [0.2, 0.25) is 0 Å². The maximum Gasteiger partial charge on any atom is 0.266 e. The first kappa shape index (κ1) is 21.9. The zero-order valence-corrected chi connectivity index (χ0v) is 17.7. The first-order chi connectivity index (χ1) is 15.1. The molecule has 156 valence electrons. The first-order valence-electron chi connectivity index (χ1n) is 9.70. The van der Waals surface area contributed by atoms with Gasteiger partial charge in [-0.15, -0.1) is 0 Å². The van der Waals surface area contributed by atoms with Crippen LogP contribution < -0.4 is 14.8 Å². The minimum atomic E-state index is -0.487. The van der Waals surface area contributed by atoms with Crippen LogP contribution in [0.5, 0.6) is 11.5 Å². The van der Waals surface area contributed by atoms with Gasteiger partial charge in [-0.1, -0.05) is 35.9 Å². The van der Waals surface area contributed by atoms with E-state index in [-0.39, 0.29) is 5.57 Å². The number of amides is 1. The number of halogens is 1. The molecule has 0 fully saturated rings. The normalized spacial score (nSPS) is 10.8. The van der Waals surface area contributed by atoms with Gasteiger partial charge < -0.3 is 14.8 Å². The lowest BCUT2D eigenvalue weighted by atomic mass is 10.1. The Morgan fingerprint density at radius 2 is 1.77 bits per heavy atom. The average Bonchev–Trinajstić information content (AvgIpc) is 2.79. The van der Waals surface area contributed by atoms with Crippen molar-refractivity contribution in [3.8, 4) is 17.6 Å². The standard InChI is InChI=1S/C25H21ClN2O3/c1-2-30-23-12-10-22(11-13-23)28-25(29)20(16-27)14-19-4-3-5-24(15-19)31-17-18-6-8-21(26)9-7-18/h3-15H,2,17H2,1H3,(H,28,29)/b20-14+. The lowest BCUT2D eigenvalue weighted by Crippen LogP contribution is -2.13. The predicted molar refractivity (Wildman–Crippen MR) is 122 cm³/mol. The SMILES string of the molecule is CCOc1ccc(NC(=O)/C(C#N)=C/c2cccc(OCc3ccc(Cl)cc3)c2)cc1. The molecule has 0 bridgehead atoms. The Kier molecular flexibility index (Phi) is 7.69. The van der Waals surface area contributed by atoms with Crippen LogP contribution in [0, 0.1) is 11.3 Å². The molecule has 5 nitrogen and oxygen atoms in total. The number of benzene rings is 3. The first-order valence-corrected chi connectivity index (χ1v) is 10.1. The maximum absolute atomic E-state index is 12.5. The lowest BCUT2D eigenvalue weighted by Gasteiger charge is -2.08. The monoisotopic (exact) mass is 432 g/mol. The third kappa shape index (κ3) is 6.63. The number of nitrogens with one attached hydrogen (secondary N) is 1. The van der Waals surface area contributed by atoms with Crippen LogP contribution >= 0.6 is 11.6 Å². The number of nitrogens with zero attached hydrogens (tertiary/aromatic N) is 1. The van der Waals surface area contributed by atoms with Gasteiger partial charge in [0.25, 0.3) is 5.91 Å². The molecule has 3 rings (SSSR count). The number of hydrogen-bond acceptors (Lipinski definition) is 4. The average molecular weight is 433 g/mol. The summed E-state index contributed by atoms with van der Waals surface area (Å²) in [6, 6.07) is 23.5. The van der Waals surface area contributed by atoms with Crippen molar-refractivity contribution in [3.63, 3.8) is 0 Å². The van der Waals surface area contributed by atoms with E-state index in [2.05, 4.69) is 5.32 Å². The van der Waals surface area contributed by atoms with Crippen molar-refractivity contribution in [2.45, 2.75) is 13.5 Å². The number of anilines is 1. The zero-order chi connectivity index (χ0) is 22.1. The molecule has 0 aliphatic carbocycles. The third-order valence-corrected chi connectivity index (χ3v) is 4.53. The van der Waals surface area contributed by atoms with Gasteiger partial charge in [-0.25, -0.2) is 0 Å². The van der Waals surface area contributed by atoms with Gasteiger partial charge in [0, 0.05) is 10.7 Å². The van der Waals surface area contributed by atoms with E-state index in [4.69, 9.17) is 21.1 Å². The van der Waals surface area contributed by atoms with E-state index in [0.29, 0.717) is 41.0 Å². The molecule has 0 saturated carbocycles. The highest BCUT2D eigenvalue weighted by Crippen LogP contribution is 2.20. The molecule has 0 aliphatic rings. The number of carbonyl (C=O) groups is 1. The lowest BCUT2D eigenvalue weighted by molar-refractivity contribution is -0.112. The van der Waals surface area contributed by atoms with Crippen LogP contribution in [0.25, 0.3) is 6.08 Å². The van der Waals surface area contributed by atoms with Crippen LogP contribution in [0.15, 0.2) is 78.4 Å². The van der Waals surface area contributed by atoms with Crippen LogP contribution in [0.4, 0.5) is 5.69 Å². The molecule has 0 aromatic heterocycles. The van der Waals surface area contributed by atoms with Crippen molar-refractivity contribution in [1.29, 1.82) is 5.26 Å². The highest BCUT2D eigenvalue weighted by molar-refractivity contribution is 6.30. The van der Waals surface area contributed by atoms with Gasteiger partial charge in [0.1, 0.15) is 29.7 Å². The minimum Gasteiger partial charge on any atom is -0.494 e. The Morgan fingerprint density at radius 1 is 1.03 bits per heavy atom. The number of carbonyl (C=O) groups excluding carboxylic acids is 1. The Labute approximate surface area is 186 Å². The smallest absolute Gasteiger partial charge is 0.266 e. The Balaban J connectivity index is 1.66. The van der Waals surface area contributed by atoms with Crippen LogP contribution in [0.1, 0.15) is 18.1 Å². The molecule has 0 radical (unpaired) electrons. The Hall–Kier alpha value is -3.75. The van der Waals surface area contributed by atoms with Crippen LogP contribution in [0.2, 0.25) is 5.02 Å². The molecule has 3 aromatic rings. The van der Waals surface area contributed by atoms with Gasteiger partial charge in [0.05, 0.1) is 6.61 Å². The van der Waals surface area contributed by atoms with Gasteiger partial charge in [-0.2, -0.15) is 5.26 Å². The molecule has 0 aliphatic heterocycles. The number of nitriles is 1. The molecule has 1 N–H and O–H groups in total. The molecule has 1 amide bonds. The van der Waals surface area contributed by atoms with E-state index in [1.54, 1.807) is 36.4 Å². The van der Waals surface area contributed by atoms with E-state index in [1.165, 1.54) is 6.08 Å². The zero-order valence-electron chi connectivity index (χ0n) is 17.0. The van der Waals surface area contributed by atoms with Crippen molar-refractivity contribution in [3.05, 3.63) is 94.5 Å². The fourth-order valence-corrected chi connectivity index (χ4v) is 2.88. The minimum absolute atomic E-state index is 0.0104. The molecule has 0 saturated heterocycles. The van der Waals surface area contributed by atoms with Crippen LogP contribution in [-0.2, 0) is 11.4 Å². The molecule has 0 spiro atoms. The summed E-state index contributed by atoms with van der Waals surface area (Å²) in [4.78, 5) is 12.5. The second-order valence-corrected chi connectivity index (χ2v) is 7.01. The highest BCUT2D eigenvalue weighted by atomic mass is 35.5. The molecule has 6 heteroatoms. The van der Waals surface area contributed by atoms with E-state index in [1.807, 2.05) is 49.4 Å².